The SMILES string of the molecule is CC[C@H]1C[C@H]2C[C@H]3c4[nH]c5ccc(OC(C)OC)cc5c4CCN(C2)C13. The van der Waals surface area contributed by atoms with E-state index in [9.17, 15) is 0 Å². The van der Waals surface area contributed by atoms with E-state index in [1.807, 2.05) is 6.92 Å². The number of rotatable bonds is 4. The fraction of sp³-hybridized carbons (Fsp3) is 0.636. The number of H-pyrrole nitrogens is 1. The van der Waals surface area contributed by atoms with Crippen molar-refractivity contribution < 1.29 is 9.47 Å². The third-order valence-corrected chi connectivity index (χ3v) is 7.12. The van der Waals surface area contributed by atoms with Crippen LogP contribution in [-0.4, -0.2) is 42.4 Å². The van der Waals surface area contributed by atoms with Gasteiger partial charge in [-0.15, -0.1) is 0 Å². The molecule has 2 saturated heterocycles. The number of piperidine rings is 2. The Morgan fingerprint density at radius 1 is 1.31 bits per heavy atom. The average Bonchev–Trinajstić information content (AvgIpc) is 2.98. The molecule has 2 aromatic rings. The van der Waals surface area contributed by atoms with Crippen LogP contribution in [0.2, 0.25) is 0 Å². The van der Waals surface area contributed by atoms with Crippen molar-refractivity contribution >= 4 is 10.9 Å². The average molecular weight is 354 g/mol. The highest BCUT2D eigenvalue weighted by atomic mass is 16.7. The Hall–Kier alpha value is -1.52. The molecule has 6 rings (SSSR count). The summed E-state index contributed by atoms with van der Waals surface area (Å²) < 4.78 is 11.1. The third kappa shape index (κ3) is 2.49. The zero-order valence-electron chi connectivity index (χ0n) is 16.1. The fourth-order valence-electron chi connectivity index (χ4n) is 5.99. The summed E-state index contributed by atoms with van der Waals surface area (Å²) in [5.74, 6) is 3.33. The number of benzene rings is 1. The highest BCUT2D eigenvalue weighted by Crippen LogP contribution is 2.51. The van der Waals surface area contributed by atoms with Crippen molar-refractivity contribution in [1.82, 2.24) is 9.88 Å². The minimum Gasteiger partial charge on any atom is -0.465 e. The zero-order valence-corrected chi connectivity index (χ0v) is 16.1. The van der Waals surface area contributed by atoms with Crippen molar-refractivity contribution in [2.24, 2.45) is 11.8 Å². The molecule has 4 aliphatic rings. The van der Waals surface area contributed by atoms with Gasteiger partial charge in [0.1, 0.15) is 5.75 Å². The largest absolute Gasteiger partial charge is 0.465 e. The number of methoxy groups -OCH3 is 1. The number of nitrogens with zero attached hydrogens (tertiary/aromatic N) is 1. The van der Waals surface area contributed by atoms with Crippen LogP contribution in [0, 0.1) is 11.8 Å². The Morgan fingerprint density at radius 2 is 2.19 bits per heavy atom. The van der Waals surface area contributed by atoms with Crippen molar-refractivity contribution in [2.75, 3.05) is 20.2 Å². The number of hydrogen-bond acceptors (Lipinski definition) is 3. The molecule has 1 aliphatic carbocycles. The molecular weight excluding hydrogens is 324 g/mol. The topological polar surface area (TPSA) is 37.5 Å². The first-order chi connectivity index (χ1) is 12.7. The lowest BCUT2D eigenvalue weighted by molar-refractivity contribution is -0.0381. The second-order valence-corrected chi connectivity index (χ2v) is 8.49. The van der Waals surface area contributed by atoms with Gasteiger partial charge in [0.15, 0.2) is 6.29 Å². The van der Waals surface area contributed by atoms with Crippen LogP contribution < -0.4 is 4.74 Å². The molecule has 6 atom stereocenters. The highest BCUT2D eigenvalue weighted by Gasteiger charge is 2.48. The van der Waals surface area contributed by atoms with Crippen molar-refractivity contribution in [3.8, 4) is 5.75 Å². The van der Waals surface area contributed by atoms with Gasteiger partial charge in [0.05, 0.1) is 0 Å². The Labute approximate surface area is 155 Å². The van der Waals surface area contributed by atoms with E-state index in [1.165, 1.54) is 54.5 Å². The van der Waals surface area contributed by atoms with Crippen molar-refractivity contribution in [3.05, 3.63) is 29.5 Å². The molecule has 3 unspecified atom stereocenters. The second kappa shape index (κ2) is 6.28. The van der Waals surface area contributed by atoms with Gasteiger partial charge in [-0.3, -0.25) is 4.90 Å². The number of aromatic amines is 1. The van der Waals surface area contributed by atoms with Gasteiger partial charge in [-0.05, 0) is 61.8 Å². The molecule has 4 bridgehead atoms. The van der Waals surface area contributed by atoms with Crippen LogP contribution in [0.25, 0.3) is 10.9 Å². The lowest BCUT2D eigenvalue weighted by atomic mass is 9.65. The number of fused-ring (bicyclic) bond motifs is 4. The van der Waals surface area contributed by atoms with Crippen LogP contribution in [0.5, 0.6) is 5.75 Å². The minimum absolute atomic E-state index is 0.226. The first-order valence-electron chi connectivity index (χ1n) is 10.3. The quantitative estimate of drug-likeness (QED) is 0.832. The Kier molecular flexibility index (Phi) is 4.02. The van der Waals surface area contributed by atoms with E-state index >= 15 is 0 Å². The molecule has 140 valence electrons. The molecule has 3 fully saturated rings. The number of hydrogen-bond donors (Lipinski definition) is 1. The van der Waals surface area contributed by atoms with Crippen LogP contribution in [0.3, 0.4) is 0 Å². The Morgan fingerprint density at radius 3 is 3.00 bits per heavy atom. The maximum Gasteiger partial charge on any atom is 0.196 e. The summed E-state index contributed by atoms with van der Waals surface area (Å²) in [7, 11) is 1.68. The summed E-state index contributed by atoms with van der Waals surface area (Å²) in [6, 6.07) is 7.18. The Bertz CT molecular complexity index is 814. The summed E-state index contributed by atoms with van der Waals surface area (Å²) in [4.78, 5) is 6.63. The predicted molar refractivity (Wildman–Crippen MR) is 104 cm³/mol. The van der Waals surface area contributed by atoms with Gasteiger partial charge >= 0.3 is 0 Å². The van der Waals surface area contributed by atoms with Crippen LogP contribution >= 0.6 is 0 Å². The van der Waals surface area contributed by atoms with Crippen molar-refractivity contribution in [3.63, 3.8) is 0 Å². The molecule has 4 heterocycles. The lowest BCUT2D eigenvalue weighted by Gasteiger charge is -2.53. The Balaban J connectivity index is 1.57. The van der Waals surface area contributed by atoms with E-state index in [0.717, 1.165) is 30.0 Å². The normalized spacial score (nSPS) is 33.7. The summed E-state index contributed by atoms with van der Waals surface area (Å²) >= 11 is 0. The maximum atomic E-state index is 5.89. The summed E-state index contributed by atoms with van der Waals surface area (Å²) in [6.45, 7) is 6.83. The molecule has 0 radical (unpaired) electrons. The fourth-order valence-corrected chi connectivity index (χ4v) is 5.99. The van der Waals surface area contributed by atoms with E-state index in [4.69, 9.17) is 9.47 Å². The smallest absolute Gasteiger partial charge is 0.196 e. The van der Waals surface area contributed by atoms with Crippen LogP contribution in [0.1, 0.15) is 50.3 Å². The molecule has 0 spiro atoms. The van der Waals surface area contributed by atoms with Gasteiger partial charge in [-0.2, -0.15) is 0 Å². The monoisotopic (exact) mass is 354 g/mol. The molecule has 1 saturated carbocycles. The van der Waals surface area contributed by atoms with E-state index in [2.05, 4.69) is 35.0 Å². The van der Waals surface area contributed by atoms with Gasteiger partial charge in [-0.1, -0.05) is 13.3 Å². The van der Waals surface area contributed by atoms with Gasteiger partial charge in [0, 0.05) is 48.8 Å². The molecule has 1 aromatic carbocycles. The van der Waals surface area contributed by atoms with E-state index in [0.29, 0.717) is 5.92 Å². The van der Waals surface area contributed by atoms with E-state index in [-0.39, 0.29) is 6.29 Å². The van der Waals surface area contributed by atoms with Crippen molar-refractivity contribution in [2.45, 2.75) is 57.8 Å². The van der Waals surface area contributed by atoms with E-state index < -0.39 is 0 Å². The predicted octanol–water partition coefficient (Wildman–Crippen LogP) is 4.30. The standard InChI is InChI=1S/C22H30N2O2/c1-4-15-9-14-10-19-21-17(7-8-24(12-14)22(15)19)18-11-16(26-13(2)25-3)5-6-20(18)23-21/h5-6,11,13-15,19,22-23H,4,7-10,12H2,1-3H3/t13?,14-,15-,19-,22?/m0/s1. The van der Waals surface area contributed by atoms with Gasteiger partial charge in [-0.25, -0.2) is 0 Å². The molecule has 26 heavy (non-hydrogen) atoms. The van der Waals surface area contributed by atoms with E-state index in [1.54, 1.807) is 7.11 Å². The first-order valence-corrected chi connectivity index (χ1v) is 10.3. The molecule has 0 amide bonds. The molecule has 1 N–H and O–H groups in total. The highest BCUT2D eigenvalue weighted by molar-refractivity contribution is 5.86. The second-order valence-electron chi connectivity index (χ2n) is 8.49. The molecule has 4 heteroatoms. The van der Waals surface area contributed by atoms with Gasteiger partial charge < -0.3 is 14.5 Å². The summed E-state index contributed by atoms with van der Waals surface area (Å²) in [5.41, 5.74) is 4.31. The van der Waals surface area contributed by atoms with Crippen LogP contribution in [-0.2, 0) is 11.2 Å². The number of ether oxygens (including phenoxy) is 2. The van der Waals surface area contributed by atoms with Crippen LogP contribution in [0.15, 0.2) is 18.2 Å². The number of nitrogens with one attached hydrogen (secondary N) is 1. The zero-order chi connectivity index (χ0) is 17.8. The number of aromatic nitrogens is 1. The molecular formula is C22H30N2O2. The molecule has 4 nitrogen and oxygen atoms in total. The summed E-state index contributed by atoms with van der Waals surface area (Å²) in [5, 5.41) is 1.35. The van der Waals surface area contributed by atoms with Crippen molar-refractivity contribution in [1.29, 1.82) is 0 Å². The molecule has 1 aromatic heterocycles. The first kappa shape index (κ1) is 16.6. The van der Waals surface area contributed by atoms with Crippen LogP contribution in [0.4, 0.5) is 0 Å². The third-order valence-electron chi connectivity index (χ3n) is 7.12. The van der Waals surface area contributed by atoms with Gasteiger partial charge in [0.2, 0.25) is 0 Å². The minimum atomic E-state index is -0.226. The lowest BCUT2D eigenvalue weighted by Crippen LogP contribution is -2.56. The summed E-state index contributed by atoms with van der Waals surface area (Å²) in [6.07, 6.45) is 5.04. The molecule has 3 aliphatic heterocycles. The maximum absolute atomic E-state index is 5.89. The van der Waals surface area contributed by atoms with Gasteiger partial charge in [0.25, 0.3) is 0 Å².